The zero-order valence-corrected chi connectivity index (χ0v) is 16.5. The molecule has 0 spiro atoms. The van der Waals surface area contributed by atoms with E-state index >= 15 is 0 Å². The summed E-state index contributed by atoms with van der Waals surface area (Å²) in [6, 6.07) is 14.5. The van der Waals surface area contributed by atoms with E-state index in [0.29, 0.717) is 35.1 Å². The molecule has 1 heterocycles. The zero-order valence-electron chi connectivity index (χ0n) is 16.5. The lowest BCUT2D eigenvalue weighted by Crippen LogP contribution is -2.37. The summed E-state index contributed by atoms with van der Waals surface area (Å²) in [5.74, 6) is 2.25. The van der Waals surface area contributed by atoms with Crippen molar-refractivity contribution in [3.63, 3.8) is 0 Å². The summed E-state index contributed by atoms with van der Waals surface area (Å²) >= 11 is 0. The van der Waals surface area contributed by atoms with E-state index in [2.05, 4.69) is 15.5 Å². The molecule has 8 heteroatoms. The fourth-order valence-electron chi connectivity index (χ4n) is 2.68. The van der Waals surface area contributed by atoms with Gasteiger partial charge < -0.3 is 24.1 Å². The summed E-state index contributed by atoms with van der Waals surface area (Å²) in [6.45, 7) is 1.98. The molecule has 1 atom stereocenters. The molecule has 152 valence electrons. The molecule has 3 rings (SSSR count). The van der Waals surface area contributed by atoms with Gasteiger partial charge in [-0.25, -0.2) is 0 Å². The number of methoxy groups -OCH3 is 2. The van der Waals surface area contributed by atoms with Crippen molar-refractivity contribution in [1.82, 2.24) is 15.5 Å². The number of para-hydroxylation sites is 1. The molecule has 29 heavy (non-hydrogen) atoms. The molecule has 2 aromatic carbocycles. The number of carbonyl (C=O) groups excluding carboxylic acids is 1. The van der Waals surface area contributed by atoms with Crippen molar-refractivity contribution in [3.8, 4) is 28.6 Å². The van der Waals surface area contributed by atoms with Gasteiger partial charge in [-0.2, -0.15) is 4.98 Å². The maximum absolute atomic E-state index is 12.4. The van der Waals surface area contributed by atoms with Crippen LogP contribution in [0.3, 0.4) is 0 Å². The number of nitrogens with one attached hydrogen (secondary N) is 1. The van der Waals surface area contributed by atoms with Crippen LogP contribution in [0.1, 0.15) is 19.2 Å². The molecule has 0 bridgehead atoms. The molecular weight excluding hydrogens is 374 g/mol. The average Bonchev–Trinajstić information content (AvgIpc) is 3.24. The van der Waals surface area contributed by atoms with E-state index in [0.717, 1.165) is 0 Å². The molecule has 0 aliphatic heterocycles. The van der Waals surface area contributed by atoms with Crippen molar-refractivity contribution in [2.75, 3.05) is 14.2 Å². The summed E-state index contributed by atoms with van der Waals surface area (Å²) in [4.78, 5) is 16.8. The lowest BCUT2D eigenvalue weighted by Gasteiger charge is -2.16. The fourth-order valence-corrected chi connectivity index (χ4v) is 2.68. The number of rotatable bonds is 9. The van der Waals surface area contributed by atoms with Crippen LogP contribution in [0.4, 0.5) is 0 Å². The first-order chi connectivity index (χ1) is 14.1. The Morgan fingerprint density at radius 3 is 2.59 bits per heavy atom. The number of carbonyl (C=O) groups is 1. The van der Waals surface area contributed by atoms with Crippen LogP contribution in [-0.4, -0.2) is 36.4 Å². The van der Waals surface area contributed by atoms with Gasteiger partial charge >= 0.3 is 0 Å². The molecule has 0 fully saturated rings. The number of hydrogen-bond donors (Lipinski definition) is 1. The van der Waals surface area contributed by atoms with E-state index in [1.807, 2.05) is 37.3 Å². The largest absolute Gasteiger partial charge is 0.497 e. The van der Waals surface area contributed by atoms with E-state index in [1.165, 1.54) is 0 Å². The topological polar surface area (TPSA) is 95.7 Å². The van der Waals surface area contributed by atoms with E-state index < -0.39 is 6.10 Å². The second-order valence-electron chi connectivity index (χ2n) is 6.12. The zero-order chi connectivity index (χ0) is 20.6. The Morgan fingerprint density at radius 1 is 1.10 bits per heavy atom. The molecule has 0 aliphatic carbocycles. The van der Waals surface area contributed by atoms with E-state index in [-0.39, 0.29) is 18.3 Å². The Bertz CT molecular complexity index is 942. The monoisotopic (exact) mass is 397 g/mol. The number of nitrogens with zero attached hydrogens (tertiary/aromatic N) is 2. The molecule has 0 unspecified atom stereocenters. The van der Waals surface area contributed by atoms with Crippen LogP contribution in [0, 0.1) is 0 Å². The third-order valence-electron chi connectivity index (χ3n) is 4.22. The van der Waals surface area contributed by atoms with Gasteiger partial charge in [-0.05, 0) is 30.7 Å². The van der Waals surface area contributed by atoms with Gasteiger partial charge in [0, 0.05) is 6.07 Å². The highest BCUT2D eigenvalue weighted by Gasteiger charge is 2.20. The van der Waals surface area contributed by atoms with E-state index in [9.17, 15) is 4.79 Å². The first-order valence-electron chi connectivity index (χ1n) is 9.19. The molecule has 0 radical (unpaired) electrons. The van der Waals surface area contributed by atoms with Crippen molar-refractivity contribution in [1.29, 1.82) is 0 Å². The SMILES string of the molecule is CC[C@@H](Oc1ccccc1)C(=O)NCc1nc(-c2ccc(OC)cc2OC)no1. The number of hydrogen-bond acceptors (Lipinski definition) is 7. The standard InChI is InChI=1S/C21H23N3O5/c1-4-17(28-14-8-6-5-7-9-14)21(25)22-13-19-23-20(24-29-19)16-11-10-15(26-2)12-18(16)27-3/h5-12,17H,4,13H2,1-3H3,(H,22,25)/t17-/m1/s1. The third kappa shape index (κ3) is 5.04. The minimum atomic E-state index is -0.610. The number of benzene rings is 2. The predicted molar refractivity (Wildman–Crippen MR) is 106 cm³/mol. The molecule has 3 aromatic rings. The van der Waals surface area contributed by atoms with Crippen LogP contribution >= 0.6 is 0 Å². The summed E-state index contributed by atoms with van der Waals surface area (Å²) in [6.07, 6.45) is -0.0831. The molecule has 1 aromatic heterocycles. The maximum atomic E-state index is 12.4. The van der Waals surface area contributed by atoms with E-state index in [1.54, 1.807) is 32.4 Å². The molecular formula is C21H23N3O5. The van der Waals surface area contributed by atoms with Crippen molar-refractivity contribution in [2.24, 2.45) is 0 Å². The Morgan fingerprint density at radius 2 is 1.90 bits per heavy atom. The molecule has 0 aliphatic rings. The normalized spacial score (nSPS) is 11.6. The summed E-state index contributed by atoms with van der Waals surface area (Å²) in [7, 11) is 3.13. The number of ether oxygens (including phenoxy) is 3. The van der Waals surface area contributed by atoms with Crippen LogP contribution in [-0.2, 0) is 11.3 Å². The summed E-state index contributed by atoms with van der Waals surface area (Å²) in [5, 5.41) is 6.74. The quantitative estimate of drug-likeness (QED) is 0.592. The Labute approximate surface area is 168 Å². The first-order valence-corrected chi connectivity index (χ1v) is 9.19. The smallest absolute Gasteiger partial charge is 0.261 e. The van der Waals surface area contributed by atoms with Crippen LogP contribution in [0.5, 0.6) is 17.2 Å². The van der Waals surface area contributed by atoms with E-state index in [4.69, 9.17) is 18.7 Å². The highest BCUT2D eigenvalue weighted by molar-refractivity contribution is 5.81. The molecule has 1 N–H and O–H groups in total. The number of amides is 1. The van der Waals surface area contributed by atoms with Crippen LogP contribution in [0.2, 0.25) is 0 Å². The Hall–Kier alpha value is -3.55. The Kier molecular flexibility index (Phi) is 6.67. The maximum Gasteiger partial charge on any atom is 0.261 e. The lowest BCUT2D eigenvalue weighted by molar-refractivity contribution is -0.128. The van der Waals surface area contributed by atoms with Gasteiger partial charge in [0.2, 0.25) is 11.7 Å². The highest BCUT2D eigenvalue weighted by atomic mass is 16.5. The second kappa shape index (κ2) is 9.59. The third-order valence-corrected chi connectivity index (χ3v) is 4.22. The van der Waals surface area contributed by atoms with Gasteiger partial charge in [0.15, 0.2) is 6.10 Å². The van der Waals surface area contributed by atoms with Gasteiger partial charge in [0.25, 0.3) is 5.91 Å². The van der Waals surface area contributed by atoms with Crippen LogP contribution in [0.15, 0.2) is 53.1 Å². The van der Waals surface area contributed by atoms with Gasteiger partial charge in [0.1, 0.15) is 17.2 Å². The molecule has 0 saturated carbocycles. The van der Waals surface area contributed by atoms with Crippen molar-refractivity contribution in [3.05, 3.63) is 54.4 Å². The van der Waals surface area contributed by atoms with Gasteiger partial charge in [-0.1, -0.05) is 30.3 Å². The van der Waals surface area contributed by atoms with Crippen LogP contribution in [0.25, 0.3) is 11.4 Å². The summed E-state index contributed by atoms with van der Waals surface area (Å²) < 4.78 is 21.5. The second-order valence-corrected chi connectivity index (χ2v) is 6.12. The fraction of sp³-hybridized carbons (Fsp3) is 0.286. The summed E-state index contributed by atoms with van der Waals surface area (Å²) in [5.41, 5.74) is 0.661. The molecule has 0 saturated heterocycles. The van der Waals surface area contributed by atoms with Gasteiger partial charge in [-0.3, -0.25) is 4.79 Å². The number of aromatic nitrogens is 2. The Balaban J connectivity index is 1.63. The minimum Gasteiger partial charge on any atom is -0.497 e. The minimum absolute atomic E-state index is 0.0962. The molecule has 1 amide bonds. The van der Waals surface area contributed by atoms with Gasteiger partial charge in [-0.15, -0.1) is 0 Å². The highest BCUT2D eigenvalue weighted by Crippen LogP contribution is 2.31. The lowest BCUT2D eigenvalue weighted by atomic mass is 10.2. The predicted octanol–water partition coefficient (Wildman–Crippen LogP) is 3.23. The van der Waals surface area contributed by atoms with Crippen molar-refractivity contribution >= 4 is 5.91 Å². The average molecular weight is 397 g/mol. The van der Waals surface area contributed by atoms with Gasteiger partial charge in [0.05, 0.1) is 26.3 Å². The van der Waals surface area contributed by atoms with Crippen molar-refractivity contribution < 1.29 is 23.5 Å². The van der Waals surface area contributed by atoms with Crippen molar-refractivity contribution in [2.45, 2.75) is 26.0 Å². The molecule has 8 nitrogen and oxygen atoms in total. The van der Waals surface area contributed by atoms with Crippen LogP contribution < -0.4 is 19.5 Å². The first kappa shape index (κ1) is 20.2.